The normalized spacial score (nSPS) is 16.8. The number of carbonyl (C=O) groups excluding carboxylic acids is 2. The lowest BCUT2D eigenvalue weighted by atomic mass is 9.96. The standard InChI is InChI=1S/C25H25F3N6O4/c1-13-5-18(14-6-17(22(37-4)29-7-14)21(35)31-15-10-38-11-15)32-20-19(13)23(36)34(24(20,2)3)16-8-30-33(9-16)12-25(26,27)28/h5-9,15H,10-12H2,1-4H3,(H,31,35). The number of anilines is 1. The first-order valence-corrected chi connectivity index (χ1v) is 11.8. The predicted molar refractivity (Wildman–Crippen MR) is 129 cm³/mol. The molecule has 2 amide bonds. The number of nitrogens with zero attached hydrogens (tertiary/aromatic N) is 5. The van der Waals surface area contributed by atoms with E-state index in [0.717, 1.165) is 4.68 Å². The van der Waals surface area contributed by atoms with Gasteiger partial charge in [-0.25, -0.2) is 9.97 Å². The number of fused-ring (bicyclic) bond motifs is 1. The van der Waals surface area contributed by atoms with Crippen molar-refractivity contribution in [3.8, 4) is 17.1 Å². The van der Waals surface area contributed by atoms with E-state index in [1.54, 1.807) is 32.9 Å². The van der Waals surface area contributed by atoms with E-state index >= 15 is 0 Å². The summed E-state index contributed by atoms with van der Waals surface area (Å²) in [5, 5.41) is 6.65. The summed E-state index contributed by atoms with van der Waals surface area (Å²) in [6.07, 6.45) is -0.490. The second-order valence-corrected chi connectivity index (χ2v) is 9.75. The van der Waals surface area contributed by atoms with E-state index in [9.17, 15) is 22.8 Å². The van der Waals surface area contributed by atoms with Crippen LogP contribution >= 0.6 is 0 Å². The molecular formula is C25H25F3N6O4. The van der Waals surface area contributed by atoms with Crippen molar-refractivity contribution >= 4 is 17.5 Å². The molecule has 13 heteroatoms. The highest BCUT2D eigenvalue weighted by atomic mass is 19.4. The summed E-state index contributed by atoms with van der Waals surface area (Å²) in [4.78, 5) is 36.8. The van der Waals surface area contributed by atoms with Gasteiger partial charge in [0.05, 0.1) is 60.7 Å². The average Bonchev–Trinajstić information content (AvgIpc) is 3.33. The summed E-state index contributed by atoms with van der Waals surface area (Å²) in [6, 6.07) is 3.25. The van der Waals surface area contributed by atoms with Gasteiger partial charge in [-0.05, 0) is 38.5 Å². The van der Waals surface area contributed by atoms with Crippen LogP contribution in [-0.2, 0) is 16.8 Å². The van der Waals surface area contributed by atoms with Crippen LogP contribution < -0.4 is 15.0 Å². The first-order valence-electron chi connectivity index (χ1n) is 11.8. The Labute approximate surface area is 215 Å². The predicted octanol–water partition coefficient (Wildman–Crippen LogP) is 3.24. The first kappa shape index (κ1) is 25.6. The van der Waals surface area contributed by atoms with Crippen LogP contribution in [0.4, 0.5) is 18.9 Å². The zero-order valence-corrected chi connectivity index (χ0v) is 21.1. The van der Waals surface area contributed by atoms with E-state index in [0.29, 0.717) is 41.3 Å². The lowest BCUT2D eigenvalue weighted by molar-refractivity contribution is -0.142. The molecule has 1 saturated heterocycles. The SMILES string of the molecule is COc1ncc(-c2cc(C)c3c(n2)C(C)(C)N(c2cnn(CC(F)(F)F)c2)C3=O)cc1C(=O)NC1COC1. The maximum absolute atomic E-state index is 13.5. The Morgan fingerprint density at radius 3 is 2.63 bits per heavy atom. The van der Waals surface area contributed by atoms with Crippen molar-refractivity contribution in [3.05, 3.63) is 53.1 Å². The third kappa shape index (κ3) is 4.46. The molecule has 0 radical (unpaired) electrons. The zero-order valence-electron chi connectivity index (χ0n) is 21.1. The fourth-order valence-corrected chi connectivity index (χ4v) is 4.68. The van der Waals surface area contributed by atoms with Gasteiger partial charge >= 0.3 is 6.18 Å². The molecule has 5 rings (SSSR count). The van der Waals surface area contributed by atoms with E-state index in [4.69, 9.17) is 14.5 Å². The third-order valence-electron chi connectivity index (χ3n) is 6.55. The van der Waals surface area contributed by atoms with Crippen LogP contribution in [-0.4, -0.2) is 64.1 Å². The Hall–Kier alpha value is -4.00. The zero-order chi connectivity index (χ0) is 27.4. The van der Waals surface area contributed by atoms with E-state index in [-0.39, 0.29) is 35.0 Å². The molecule has 5 heterocycles. The van der Waals surface area contributed by atoms with Crippen molar-refractivity contribution in [1.29, 1.82) is 0 Å². The number of aryl methyl sites for hydroxylation is 1. The van der Waals surface area contributed by atoms with Gasteiger partial charge < -0.3 is 14.8 Å². The Morgan fingerprint density at radius 2 is 2.00 bits per heavy atom. The summed E-state index contributed by atoms with van der Waals surface area (Å²) >= 11 is 0. The minimum Gasteiger partial charge on any atom is -0.480 e. The minimum absolute atomic E-state index is 0.0884. The monoisotopic (exact) mass is 530 g/mol. The van der Waals surface area contributed by atoms with Gasteiger partial charge in [0.2, 0.25) is 5.88 Å². The van der Waals surface area contributed by atoms with Gasteiger partial charge in [-0.15, -0.1) is 0 Å². The van der Waals surface area contributed by atoms with Crippen molar-refractivity contribution in [2.75, 3.05) is 25.2 Å². The number of amides is 2. The number of halogens is 3. The molecule has 3 aromatic heterocycles. The summed E-state index contributed by atoms with van der Waals surface area (Å²) in [6.45, 7) is 4.89. The molecule has 3 aromatic rings. The van der Waals surface area contributed by atoms with E-state index < -0.39 is 18.3 Å². The first-order chi connectivity index (χ1) is 17.9. The second kappa shape index (κ2) is 9.08. The highest BCUT2D eigenvalue weighted by Gasteiger charge is 2.47. The van der Waals surface area contributed by atoms with Gasteiger partial charge in [-0.3, -0.25) is 19.2 Å². The highest BCUT2D eigenvalue weighted by molar-refractivity contribution is 6.12. The molecule has 38 heavy (non-hydrogen) atoms. The second-order valence-electron chi connectivity index (χ2n) is 9.75. The van der Waals surface area contributed by atoms with Crippen LogP contribution in [0.25, 0.3) is 11.3 Å². The van der Waals surface area contributed by atoms with Crippen molar-refractivity contribution < 1.29 is 32.2 Å². The van der Waals surface area contributed by atoms with Gasteiger partial charge in [0.25, 0.3) is 11.8 Å². The quantitative estimate of drug-likeness (QED) is 0.521. The number of aromatic nitrogens is 4. The summed E-state index contributed by atoms with van der Waals surface area (Å²) < 4.78 is 49.7. The van der Waals surface area contributed by atoms with Gasteiger partial charge in [0.15, 0.2) is 0 Å². The molecular weight excluding hydrogens is 505 g/mol. The number of pyridine rings is 2. The van der Waals surface area contributed by atoms with Crippen LogP contribution in [0.5, 0.6) is 5.88 Å². The summed E-state index contributed by atoms with van der Waals surface area (Å²) in [5.41, 5.74) is 1.92. The average molecular weight is 531 g/mol. The Morgan fingerprint density at radius 1 is 1.26 bits per heavy atom. The van der Waals surface area contributed by atoms with Crippen LogP contribution in [0.2, 0.25) is 0 Å². The van der Waals surface area contributed by atoms with Crippen LogP contribution in [0.15, 0.2) is 30.7 Å². The lowest BCUT2D eigenvalue weighted by Crippen LogP contribution is -2.48. The minimum atomic E-state index is -4.45. The molecule has 0 atom stereocenters. The highest BCUT2D eigenvalue weighted by Crippen LogP contribution is 2.43. The Kier molecular flexibility index (Phi) is 6.13. The number of carbonyl (C=O) groups is 2. The topological polar surface area (TPSA) is 111 Å². The molecule has 0 bridgehead atoms. The molecule has 0 unspecified atom stereocenters. The van der Waals surface area contributed by atoms with Gasteiger partial charge in [0, 0.05) is 18.0 Å². The molecule has 1 N–H and O–H groups in total. The summed E-state index contributed by atoms with van der Waals surface area (Å²) in [7, 11) is 1.42. The van der Waals surface area contributed by atoms with Crippen molar-refractivity contribution in [2.24, 2.45) is 0 Å². The van der Waals surface area contributed by atoms with Crippen molar-refractivity contribution in [2.45, 2.75) is 45.1 Å². The number of nitrogens with one attached hydrogen (secondary N) is 1. The summed E-state index contributed by atoms with van der Waals surface area (Å²) in [5.74, 6) is -0.592. The maximum atomic E-state index is 13.5. The van der Waals surface area contributed by atoms with Crippen molar-refractivity contribution in [1.82, 2.24) is 25.1 Å². The van der Waals surface area contributed by atoms with Gasteiger partial charge in [-0.2, -0.15) is 18.3 Å². The molecule has 0 saturated carbocycles. The van der Waals surface area contributed by atoms with Crippen LogP contribution in [0.1, 0.15) is 45.8 Å². The van der Waals surface area contributed by atoms with E-state index in [1.807, 2.05) is 0 Å². The molecule has 10 nitrogen and oxygen atoms in total. The van der Waals surface area contributed by atoms with E-state index in [1.165, 1.54) is 30.6 Å². The molecule has 0 aliphatic carbocycles. The molecule has 2 aliphatic rings. The fourth-order valence-electron chi connectivity index (χ4n) is 4.68. The third-order valence-corrected chi connectivity index (χ3v) is 6.55. The fraction of sp³-hybridized carbons (Fsp3) is 0.400. The Bertz CT molecular complexity index is 1430. The Balaban J connectivity index is 1.51. The maximum Gasteiger partial charge on any atom is 0.408 e. The number of alkyl halides is 3. The molecule has 200 valence electrons. The number of rotatable bonds is 6. The van der Waals surface area contributed by atoms with Gasteiger partial charge in [0.1, 0.15) is 12.1 Å². The number of hydrogen-bond acceptors (Lipinski definition) is 7. The molecule has 1 fully saturated rings. The van der Waals surface area contributed by atoms with Crippen LogP contribution in [0.3, 0.4) is 0 Å². The molecule has 0 aromatic carbocycles. The largest absolute Gasteiger partial charge is 0.480 e. The molecule has 2 aliphatic heterocycles. The number of hydrogen-bond donors (Lipinski definition) is 1. The van der Waals surface area contributed by atoms with E-state index in [2.05, 4.69) is 15.4 Å². The molecule has 0 spiro atoms. The number of methoxy groups -OCH3 is 1. The lowest BCUT2D eigenvalue weighted by Gasteiger charge is -2.30. The van der Waals surface area contributed by atoms with Crippen LogP contribution in [0, 0.1) is 6.92 Å². The van der Waals surface area contributed by atoms with Crippen molar-refractivity contribution in [3.63, 3.8) is 0 Å². The smallest absolute Gasteiger partial charge is 0.408 e. The number of ether oxygens (including phenoxy) is 2. The van der Waals surface area contributed by atoms with Gasteiger partial charge in [-0.1, -0.05) is 0 Å².